The Bertz CT molecular complexity index is 71.3. The van der Waals surface area contributed by atoms with Crippen LogP contribution < -0.4 is 10.6 Å². The van der Waals surface area contributed by atoms with E-state index in [9.17, 15) is 0 Å². The summed E-state index contributed by atoms with van der Waals surface area (Å²) in [6.45, 7) is 11.7. The van der Waals surface area contributed by atoms with Crippen molar-refractivity contribution in [2.45, 2.75) is 33.2 Å². The van der Waals surface area contributed by atoms with Crippen LogP contribution in [0.4, 0.5) is 0 Å². The van der Waals surface area contributed by atoms with E-state index in [-0.39, 0.29) is 0 Å². The standard InChI is InChI=1S/C6H14N2.C2H6/c1-6(2)5-7-3-4-8-6;1-2/h7-8H,3-5H2,1-2H3;1-2H3. The molecule has 0 atom stereocenters. The third-order valence-electron chi connectivity index (χ3n) is 1.47. The highest BCUT2D eigenvalue weighted by Crippen LogP contribution is 2.00. The van der Waals surface area contributed by atoms with Gasteiger partial charge >= 0.3 is 0 Å². The van der Waals surface area contributed by atoms with Crippen LogP contribution in [0.3, 0.4) is 0 Å². The van der Waals surface area contributed by atoms with Crippen LogP contribution in [-0.4, -0.2) is 25.2 Å². The number of piperazine rings is 1. The average Bonchev–Trinajstić information content (AvgIpc) is 1.92. The first-order chi connectivity index (χ1) is 4.71. The maximum absolute atomic E-state index is 3.40. The number of nitrogens with one attached hydrogen (secondary N) is 2. The molecule has 1 aliphatic heterocycles. The Morgan fingerprint density at radius 3 is 1.90 bits per heavy atom. The molecule has 2 heteroatoms. The largest absolute Gasteiger partial charge is 0.314 e. The van der Waals surface area contributed by atoms with Crippen molar-refractivity contribution >= 4 is 0 Å². The Balaban J connectivity index is 0.000000371. The third kappa shape index (κ3) is 3.85. The third-order valence-corrected chi connectivity index (χ3v) is 1.47. The molecule has 10 heavy (non-hydrogen) atoms. The van der Waals surface area contributed by atoms with Crippen molar-refractivity contribution in [3.05, 3.63) is 0 Å². The molecule has 1 fully saturated rings. The van der Waals surface area contributed by atoms with E-state index in [1.807, 2.05) is 13.8 Å². The highest BCUT2D eigenvalue weighted by Gasteiger charge is 2.18. The van der Waals surface area contributed by atoms with Crippen molar-refractivity contribution in [2.24, 2.45) is 0 Å². The molecule has 2 nitrogen and oxygen atoms in total. The van der Waals surface area contributed by atoms with Crippen LogP contribution in [-0.2, 0) is 0 Å². The zero-order valence-corrected chi connectivity index (χ0v) is 7.62. The van der Waals surface area contributed by atoms with Gasteiger partial charge in [-0.15, -0.1) is 0 Å². The molecule has 0 radical (unpaired) electrons. The highest BCUT2D eigenvalue weighted by molar-refractivity contribution is 4.83. The average molecular weight is 144 g/mol. The normalized spacial score (nSPS) is 22.8. The Labute approximate surface area is 64.4 Å². The molecule has 1 heterocycles. The lowest BCUT2D eigenvalue weighted by Gasteiger charge is -2.31. The van der Waals surface area contributed by atoms with Crippen molar-refractivity contribution in [3.8, 4) is 0 Å². The van der Waals surface area contributed by atoms with E-state index < -0.39 is 0 Å². The van der Waals surface area contributed by atoms with Crippen LogP contribution in [0, 0.1) is 0 Å². The number of hydrogen-bond donors (Lipinski definition) is 2. The van der Waals surface area contributed by atoms with Gasteiger partial charge in [-0.1, -0.05) is 13.8 Å². The first-order valence-electron chi connectivity index (χ1n) is 4.16. The fourth-order valence-electron chi connectivity index (χ4n) is 0.953. The zero-order valence-electron chi connectivity index (χ0n) is 7.62. The maximum atomic E-state index is 3.40. The van der Waals surface area contributed by atoms with Crippen LogP contribution in [0.15, 0.2) is 0 Å². The van der Waals surface area contributed by atoms with Gasteiger partial charge in [0, 0.05) is 25.2 Å². The topological polar surface area (TPSA) is 24.1 Å². The summed E-state index contributed by atoms with van der Waals surface area (Å²) in [6, 6.07) is 0. The van der Waals surface area contributed by atoms with E-state index >= 15 is 0 Å². The molecule has 0 aromatic rings. The minimum atomic E-state index is 0.318. The van der Waals surface area contributed by atoms with Crippen molar-refractivity contribution in [2.75, 3.05) is 19.6 Å². The minimum absolute atomic E-state index is 0.318. The molecule has 0 saturated carbocycles. The van der Waals surface area contributed by atoms with Crippen molar-refractivity contribution < 1.29 is 0 Å². The zero-order chi connectivity index (χ0) is 8.04. The van der Waals surface area contributed by atoms with Crippen LogP contribution >= 0.6 is 0 Å². The molecule has 62 valence electrons. The van der Waals surface area contributed by atoms with E-state index in [1.165, 1.54) is 0 Å². The van der Waals surface area contributed by atoms with E-state index in [1.54, 1.807) is 0 Å². The first kappa shape index (κ1) is 9.92. The van der Waals surface area contributed by atoms with E-state index in [0.29, 0.717) is 5.54 Å². The molecular formula is C8H20N2. The summed E-state index contributed by atoms with van der Waals surface area (Å²) >= 11 is 0. The van der Waals surface area contributed by atoms with Crippen LogP contribution in [0.2, 0.25) is 0 Å². The molecule has 0 aromatic carbocycles. The van der Waals surface area contributed by atoms with E-state index in [0.717, 1.165) is 19.6 Å². The van der Waals surface area contributed by atoms with Gasteiger partial charge in [-0.25, -0.2) is 0 Å². The Morgan fingerprint density at radius 1 is 1.10 bits per heavy atom. The second-order valence-corrected chi connectivity index (χ2v) is 2.99. The molecule has 1 saturated heterocycles. The summed E-state index contributed by atoms with van der Waals surface area (Å²) in [5.41, 5.74) is 0.318. The van der Waals surface area contributed by atoms with E-state index in [4.69, 9.17) is 0 Å². The smallest absolute Gasteiger partial charge is 0.0250 e. The molecule has 0 spiro atoms. The summed E-state index contributed by atoms with van der Waals surface area (Å²) in [4.78, 5) is 0. The SMILES string of the molecule is CC.CC1(C)CNCCN1. The highest BCUT2D eigenvalue weighted by atomic mass is 15.1. The lowest BCUT2D eigenvalue weighted by Crippen LogP contribution is -2.55. The Morgan fingerprint density at radius 2 is 1.70 bits per heavy atom. The number of rotatable bonds is 0. The van der Waals surface area contributed by atoms with Crippen molar-refractivity contribution in [1.29, 1.82) is 0 Å². The van der Waals surface area contributed by atoms with Gasteiger partial charge in [0.1, 0.15) is 0 Å². The Kier molecular flexibility index (Phi) is 4.65. The van der Waals surface area contributed by atoms with Gasteiger partial charge in [-0.3, -0.25) is 0 Å². The summed E-state index contributed by atoms with van der Waals surface area (Å²) in [6.07, 6.45) is 0. The lowest BCUT2D eigenvalue weighted by molar-refractivity contribution is 0.323. The van der Waals surface area contributed by atoms with Gasteiger partial charge in [0.25, 0.3) is 0 Å². The van der Waals surface area contributed by atoms with Gasteiger partial charge in [0.2, 0.25) is 0 Å². The van der Waals surface area contributed by atoms with Crippen molar-refractivity contribution in [3.63, 3.8) is 0 Å². The van der Waals surface area contributed by atoms with Crippen LogP contribution in [0.1, 0.15) is 27.7 Å². The van der Waals surface area contributed by atoms with Crippen molar-refractivity contribution in [1.82, 2.24) is 10.6 Å². The predicted molar refractivity (Wildman–Crippen MR) is 46.3 cm³/mol. The second kappa shape index (κ2) is 4.69. The molecule has 0 bridgehead atoms. The second-order valence-electron chi connectivity index (χ2n) is 2.99. The molecule has 0 aromatic heterocycles. The van der Waals surface area contributed by atoms with Gasteiger partial charge in [0.15, 0.2) is 0 Å². The molecule has 1 aliphatic rings. The molecule has 0 aliphatic carbocycles. The van der Waals surface area contributed by atoms with Crippen LogP contribution in [0.25, 0.3) is 0 Å². The molecular weight excluding hydrogens is 124 g/mol. The molecule has 2 N–H and O–H groups in total. The maximum Gasteiger partial charge on any atom is 0.0250 e. The molecule has 0 amide bonds. The summed E-state index contributed by atoms with van der Waals surface area (Å²) in [5.74, 6) is 0. The molecule has 1 rings (SSSR count). The van der Waals surface area contributed by atoms with Gasteiger partial charge < -0.3 is 10.6 Å². The lowest BCUT2D eigenvalue weighted by atomic mass is 10.0. The summed E-state index contributed by atoms with van der Waals surface area (Å²) in [5, 5.41) is 6.71. The monoisotopic (exact) mass is 144 g/mol. The van der Waals surface area contributed by atoms with Gasteiger partial charge in [-0.2, -0.15) is 0 Å². The number of hydrogen-bond acceptors (Lipinski definition) is 2. The quantitative estimate of drug-likeness (QED) is 0.529. The van der Waals surface area contributed by atoms with Crippen LogP contribution in [0.5, 0.6) is 0 Å². The first-order valence-corrected chi connectivity index (χ1v) is 4.16. The van der Waals surface area contributed by atoms with E-state index in [2.05, 4.69) is 24.5 Å². The van der Waals surface area contributed by atoms with Gasteiger partial charge in [-0.05, 0) is 13.8 Å². The molecule has 0 unspecified atom stereocenters. The fourth-order valence-corrected chi connectivity index (χ4v) is 0.953. The minimum Gasteiger partial charge on any atom is -0.314 e. The predicted octanol–water partition coefficient (Wildman–Crippen LogP) is 0.984. The Hall–Kier alpha value is -0.0800. The fraction of sp³-hybridized carbons (Fsp3) is 1.00. The van der Waals surface area contributed by atoms with Gasteiger partial charge in [0.05, 0.1) is 0 Å². The summed E-state index contributed by atoms with van der Waals surface area (Å²) in [7, 11) is 0. The summed E-state index contributed by atoms with van der Waals surface area (Å²) < 4.78 is 0.